The fourth-order valence-electron chi connectivity index (χ4n) is 1.48. The van der Waals surface area contributed by atoms with Crippen molar-refractivity contribution in [3.63, 3.8) is 0 Å². The molecule has 0 aliphatic rings. The van der Waals surface area contributed by atoms with Crippen molar-refractivity contribution in [1.29, 1.82) is 0 Å². The summed E-state index contributed by atoms with van der Waals surface area (Å²) in [4.78, 5) is 3.38. The molecule has 2 aromatic rings. The Balaban J connectivity index is 2.69. The second-order valence-electron chi connectivity index (χ2n) is 4.46. The van der Waals surface area contributed by atoms with Gasteiger partial charge in [0.25, 0.3) is 0 Å². The molecule has 0 saturated heterocycles. The highest BCUT2D eigenvalue weighted by Crippen LogP contribution is 2.21. The van der Waals surface area contributed by atoms with Crippen LogP contribution in [0, 0.1) is 6.57 Å². The summed E-state index contributed by atoms with van der Waals surface area (Å²) in [6.07, 6.45) is 0. The Hall–Kier alpha value is -1.67. The van der Waals surface area contributed by atoms with Gasteiger partial charge in [-0.3, -0.25) is 4.35 Å². The summed E-state index contributed by atoms with van der Waals surface area (Å²) in [5, 5.41) is 8.27. The summed E-state index contributed by atoms with van der Waals surface area (Å²) in [7, 11) is -1.51. The van der Waals surface area contributed by atoms with Gasteiger partial charge in [-0.2, -0.15) is 0 Å². The van der Waals surface area contributed by atoms with Crippen LogP contribution in [0.25, 0.3) is 15.9 Å². The first-order chi connectivity index (χ1) is 7.02. The fourth-order valence-corrected chi connectivity index (χ4v) is 2.70. The van der Waals surface area contributed by atoms with E-state index in [2.05, 4.69) is 34.8 Å². The minimum absolute atomic E-state index is 0.616. The van der Waals surface area contributed by atoms with E-state index in [1.165, 1.54) is 0 Å². The Morgan fingerprint density at radius 2 is 2.07 bits per heavy atom. The van der Waals surface area contributed by atoms with Crippen LogP contribution in [-0.2, 0) is 0 Å². The molecule has 2 rings (SSSR count). The zero-order valence-corrected chi connectivity index (χ0v) is 10.0. The normalized spacial score (nSPS) is 11.6. The number of nitrogens with zero attached hydrogens (tertiary/aromatic N) is 4. The van der Waals surface area contributed by atoms with Crippen molar-refractivity contribution in [2.24, 2.45) is 0 Å². The average molecular weight is 216 g/mol. The lowest BCUT2D eigenvalue weighted by atomic mass is 10.3. The van der Waals surface area contributed by atoms with E-state index in [9.17, 15) is 0 Å². The highest BCUT2D eigenvalue weighted by molar-refractivity contribution is 6.74. The van der Waals surface area contributed by atoms with Crippen LogP contribution < -0.4 is 0 Å². The fraction of sp³-hybridized carbons (Fsp3) is 0.300. The van der Waals surface area contributed by atoms with Gasteiger partial charge in [0.2, 0.25) is 0 Å². The van der Waals surface area contributed by atoms with Gasteiger partial charge in [0.1, 0.15) is 5.52 Å². The molecule has 0 atom stereocenters. The van der Waals surface area contributed by atoms with Crippen LogP contribution in [0.1, 0.15) is 0 Å². The second-order valence-corrected chi connectivity index (χ2v) is 9.22. The summed E-state index contributed by atoms with van der Waals surface area (Å²) in [5.74, 6) is 0. The standard InChI is InChI=1S/C10H12N4Si/c1-11-8-5-6-10-9(7-8)12-13-14(10)15(2,3)4/h5-7H,2-4H3. The Kier molecular flexibility index (Phi) is 2.09. The average Bonchev–Trinajstić information content (AvgIpc) is 2.59. The van der Waals surface area contributed by atoms with Crippen LogP contribution in [0.5, 0.6) is 0 Å². The molecule has 0 saturated carbocycles. The van der Waals surface area contributed by atoms with Gasteiger partial charge in [-0.05, 0) is 31.8 Å². The second kappa shape index (κ2) is 3.17. The molecule has 0 fully saturated rings. The zero-order chi connectivity index (χ0) is 11.1. The number of aromatic nitrogens is 3. The molecule has 0 amide bonds. The van der Waals surface area contributed by atoms with Gasteiger partial charge in [0, 0.05) is 0 Å². The van der Waals surface area contributed by atoms with Crippen molar-refractivity contribution in [2.75, 3.05) is 0 Å². The lowest BCUT2D eigenvalue weighted by molar-refractivity contribution is 0.862. The third-order valence-corrected chi connectivity index (χ3v) is 3.79. The predicted octanol–water partition coefficient (Wildman–Crippen LogP) is 2.67. The van der Waals surface area contributed by atoms with Crippen LogP contribution in [0.15, 0.2) is 18.2 Å². The lowest BCUT2D eigenvalue weighted by Gasteiger charge is -2.16. The lowest BCUT2D eigenvalue weighted by Crippen LogP contribution is -2.33. The van der Waals surface area contributed by atoms with Crippen molar-refractivity contribution in [3.05, 3.63) is 29.6 Å². The van der Waals surface area contributed by atoms with Gasteiger partial charge >= 0.3 is 0 Å². The first-order valence-electron chi connectivity index (χ1n) is 4.76. The highest BCUT2D eigenvalue weighted by atomic mass is 28.3. The smallest absolute Gasteiger partial charge is 0.189 e. The molecule has 5 heteroatoms. The minimum Gasteiger partial charge on any atom is -0.275 e. The summed E-state index contributed by atoms with van der Waals surface area (Å²) in [6.45, 7) is 13.6. The molecule has 0 radical (unpaired) electrons. The minimum atomic E-state index is -1.51. The van der Waals surface area contributed by atoms with E-state index in [4.69, 9.17) is 6.57 Å². The molecule has 0 bridgehead atoms. The Morgan fingerprint density at radius 1 is 1.33 bits per heavy atom. The molecule has 4 nitrogen and oxygen atoms in total. The van der Waals surface area contributed by atoms with Crippen LogP contribution in [0.4, 0.5) is 5.69 Å². The number of rotatable bonds is 1. The number of fused-ring (bicyclic) bond motifs is 1. The van der Waals surface area contributed by atoms with E-state index in [-0.39, 0.29) is 0 Å². The first kappa shape index (κ1) is 9.87. The predicted molar refractivity (Wildman–Crippen MR) is 62.5 cm³/mol. The third-order valence-electron chi connectivity index (χ3n) is 2.19. The monoisotopic (exact) mass is 216 g/mol. The molecule has 1 aromatic carbocycles. The Labute approximate surface area is 89.4 Å². The van der Waals surface area contributed by atoms with Crippen LogP contribution >= 0.6 is 0 Å². The number of hydrogen-bond acceptors (Lipinski definition) is 2. The van der Waals surface area contributed by atoms with E-state index in [0.717, 1.165) is 11.0 Å². The molecule has 15 heavy (non-hydrogen) atoms. The van der Waals surface area contributed by atoms with E-state index in [0.29, 0.717) is 5.69 Å². The largest absolute Gasteiger partial charge is 0.275 e. The van der Waals surface area contributed by atoms with Crippen LogP contribution in [0.3, 0.4) is 0 Å². The molecular formula is C10H12N4Si. The Bertz CT molecular complexity index is 545. The van der Waals surface area contributed by atoms with Gasteiger partial charge in [-0.1, -0.05) is 11.3 Å². The molecule has 0 N–H and O–H groups in total. The maximum Gasteiger partial charge on any atom is 0.189 e. The topological polar surface area (TPSA) is 35.1 Å². The molecule has 1 aromatic heterocycles. The number of hydrogen-bond donors (Lipinski definition) is 0. The van der Waals surface area contributed by atoms with Crippen molar-refractivity contribution in [3.8, 4) is 0 Å². The molecule has 0 aliphatic carbocycles. The molecule has 0 aliphatic heterocycles. The quantitative estimate of drug-likeness (QED) is 0.542. The Morgan fingerprint density at radius 3 is 2.67 bits per heavy atom. The summed E-state index contributed by atoms with van der Waals surface area (Å²) < 4.78 is 2.01. The molecular weight excluding hydrogens is 204 g/mol. The van der Waals surface area contributed by atoms with Gasteiger partial charge < -0.3 is 0 Å². The molecule has 76 valence electrons. The van der Waals surface area contributed by atoms with Crippen LogP contribution in [0.2, 0.25) is 19.6 Å². The summed E-state index contributed by atoms with van der Waals surface area (Å²) >= 11 is 0. The first-order valence-corrected chi connectivity index (χ1v) is 8.20. The van der Waals surface area contributed by atoms with Gasteiger partial charge in [0.05, 0.1) is 12.1 Å². The maximum absolute atomic E-state index is 6.93. The van der Waals surface area contributed by atoms with Crippen molar-refractivity contribution < 1.29 is 0 Å². The summed E-state index contributed by atoms with van der Waals surface area (Å²) in [6, 6.07) is 5.53. The van der Waals surface area contributed by atoms with Crippen molar-refractivity contribution >= 4 is 25.0 Å². The maximum atomic E-state index is 6.93. The highest BCUT2D eigenvalue weighted by Gasteiger charge is 2.20. The SMILES string of the molecule is [C-]#[N+]c1ccc2c(c1)nnn2[Si](C)(C)C. The summed E-state index contributed by atoms with van der Waals surface area (Å²) in [5.41, 5.74) is 2.46. The zero-order valence-electron chi connectivity index (χ0n) is 9.02. The van der Waals surface area contributed by atoms with Gasteiger partial charge in [-0.25, -0.2) is 4.85 Å². The van der Waals surface area contributed by atoms with Crippen LogP contribution in [-0.4, -0.2) is 22.9 Å². The molecule has 1 heterocycles. The van der Waals surface area contributed by atoms with E-state index >= 15 is 0 Å². The van der Waals surface area contributed by atoms with E-state index < -0.39 is 8.24 Å². The molecule has 0 spiro atoms. The molecule has 0 unspecified atom stereocenters. The third kappa shape index (κ3) is 1.64. The number of benzene rings is 1. The van der Waals surface area contributed by atoms with Crippen molar-refractivity contribution in [2.45, 2.75) is 19.6 Å². The van der Waals surface area contributed by atoms with E-state index in [1.807, 2.05) is 16.5 Å². The van der Waals surface area contributed by atoms with Gasteiger partial charge in [-0.15, -0.1) is 5.10 Å². The van der Waals surface area contributed by atoms with Crippen molar-refractivity contribution in [1.82, 2.24) is 14.7 Å². The van der Waals surface area contributed by atoms with E-state index in [1.54, 1.807) is 6.07 Å². The van der Waals surface area contributed by atoms with Gasteiger partial charge in [0.15, 0.2) is 13.9 Å².